The Morgan fingerprint density at radius 1 is 0.441 bits per heavy atom. The van der Waals surface area contributed by atoms with Crippen molar-refractivity contribution in [3.63, 3.8) is 0 Å². The van der Waals surface area contributed by atoms with Crippen LogP contribution < -0.4 is 5.46 Å². The molecule has 0 atom stereocenters. The van der Waals surface area contributed by atoms with Gasteiger partial charge >= 0.3 is 7.12 Å². The standard InChI is InChI=1S/C31H21BO2/c33-32(34)30-16-8-4-9-21(30)20-17-18-25-24-12-3-7-15-28(24)31(29(25)19-20)26-13-5-1-10-22(26)23-11-2-6-14-27(23)31/h1-19,33-34H. The van der Waals surface area contributed by atoms with Gasteiger partial charge in [-0.25, -0.2) is 0 Å². The van der Waals surface area contributed by atoms with Gasteiger partial charge in [-0.05, 0) is 67.2 Å². The summed E-state index contributed by atoms with van der Waals surface area (Å²) in [6.45, 7) is 0. The highest BCUT2D eigenvalue weighted by Crippen LogP contribution is 2.62. The van der Waals surface area contributed by atoms with Crippen molar-refractivity contribution in [3.8, 4) is 33.4 Å². The van der Waals surface area contributed by atoms with Gasteiger partial charge in [0.15, 0.2) is 0 Å². The lowest BCUT2D eigenvalue weighted by molar-refractivity contribution is 0.426. The van der Waals surface area contributed by atoms with Crippen molar-refractivity contribution >= 4 is 12.6 Å². The molecule has 7 rings (SSSR count). The zero-order valence-corrected chi connectivity index (χ0v) is 18.4. The molecule has 5 aromatic carbocycles. The monoisotopic (exact) mass is 436 g/mol. The van der Waals surface area contributed by atoms with E-state index in [0.717, 1.165) is 11.1 Å². The molecule has 0 amide bonds. The van der Waals surface area contributed by atoms with Crippen LogP contribution in [0.25, 0.3) is 33.4 Å². The molecular weight excluding hydrogens is 415 g/mol. The smallest absolute Gasteiger partial charge is 0.423 e. The highest BCUT2D eigenvalue weighted by atomic mass is 16.4. The van der Waals surface area contributed by atoms with Crippen LogP contribution in [0.3, 0.4) is 0 Å². The summed E-state index contributed by atoms with van der Waals surface area (Å²) in [6.07, 6.45) is 0. The molecule has 5 aromatic rings. The molecule has 0 aliphatic heterocycles. The van der Waals surface area contributed by atoms with Crippen LogP contribution in [-0.4, -0.2) is 17.2 Å². The quantitative estimate of drug-likeness (QED) is 0.358. The number of fused-ring (bicyclic) bond motifs is 10. The zero-order valence-electron chi connectivity index (χ0n) is 18.4. The summed E-state index contributed by atoms with van der Waals surface area (Å²) in [6, 6.07) is 40.3. The zero-order chi connectivity index (χ0) is 22.9. The average molecular weight is 436 g/mol. The van der Waals surface area contributed by atoms with Gasteiger partial charge in [0.1, 0.15) is 0 Å². The van der Waals surface area contributed by atoms with Crippen molar-refractivity contribution in [2.75, 3.05) is 0 Å². The molecule has 0 saturated carbocycles. The second-order valence-corrected chi connectivity index (χ2v) is 9.11. The second kappa shape index (κ2) is 7.04. The van der Waals surface area contributed by atoms with Crippen molar-refractivity contribution < 1.29 is 10.0 Å². The Kier molecular flexibility index (Phi) is 4.05. The highest BCUT2D eigenvalue weighted by molar-refractivity contribution is 6.60. The fourth-order valence-electron chi connectivity index (χ4n) is 6.25. The maximum absolute atomic E-state index is 10.0. The first-order valence-corrected chi connectivity index (χ1v) is 11.6. The predicted octanol–water partition coefficient (Wildman–Crippen LogP) is 5.38. The first-order valence-electron chi connectivity index (χ1n) is 11.6. The van der Waals surface area contributed by atoms with E-state index in [4.69, 9.17) is 0 Å². The van der Waals surface area contributed by atoms with E-state index in [1.807, 2.05) is 18.2 Å². The van der Waals surface area contributed by atoms with E-state index < -0.39 is 12.5 Å². The molecule has 1 spiro atoms. The lowest BCUT2D eigenvalue weighted by Gasteiger charge is -2.30. The van der Waals surface area contributed by atoms with Crippen LogP contribution in [0, 0.1) is 0 Å². The third-order valence-corrected chi connectivity index (χ3v) is 7.55. The first-order chi connectivity index (χ1) is 16.7. The van der Waals surface area contributed by atoms with Crippen molar-refractivity contribution in [2.24, 2.45) is 0 Å². The minimum absolute atomic E-state index is 0.401. The average Bonchev–Trinajstić information content (AvgIpc) is 3.36. The molecule has 3 heteroatoms. The Labute approximate surface area is 198 Å². The van der Waals surface area contributed by atoms with E-state index in [1.165, 1.54) is 44.5 Å². The molecule has 2 aliphatic carbocycles. The summed E-state index contributed by atoms with van der Waals surface area (Å²) < 4.78 is 0. The van der Waals surface area contributed by atoms with Crippen LogP contribution in [0.4, 0.5) is 0 Å². The minimum Gasteiger partial charge on any atom is -0.423 e. The van der Waals surface area contributed by atoms with Crippen LogP contribution in [0.15, 0.2) is 115 Å². The van der Waals surface area contributed by atoms with Crippen molar-refractivity contribution in [2.45, 2.75) is 5.41 Å². The fraction of sp³-hybridized carbons (Fsp3) is 0.0323. The Bertz CT molecular complexity index is 1540. The van der Waals surface area contributed by atoms with Gasteiger partial charge in [-0.1, -0.05) is 109 Å². The fourth-order valence-corrected chi connectivity index (χ4v) is 6.25. The summed E-state index contributed by atoms with van der Waals surface area (Å²) in [7, 11) is -1.52. The maximum Gasteiger partial charge on any atom is 0.489 e. The molecule has 34 heavy (non-hydrogen) atoms. The Morgan fingerprint density at radius 2 is 0.882 bits per heavy atom. The third kappa shape index (κ3) is 2.38. The second-order valence-electron chi connectivity index (χ2n) is 9.11. The lowest BCUT2D eigenvalue weighted by atomic mass is 9.69. The molecule has 160 valence electrons. The summed E-state index contributed by atoms with van der Waals surface area (Å²) in [5, 5.41) is 20.0. The normalized spacial score (nSPS) is 13.8. The van der Waals surface area contributed by atoms with E-state index in [2.05, 4.69) is 91.0 Å². The number of hydrogen-bond acceptors (Lipinski definition) is 2. The van der Waals surface area contributed by atoms with E-state index in [1.54, 1.807) is 6.07 Å². The van der Waals surface area contributed by atoms with Crippen LogP contribution in [0.5, 0.6) is 0 Å². The van der Waals surface area contributed by atoms with E-state index in [0.29, 0.717) is 5.46 Å². The van der Waals surface area contributed by atoms with Gasteiger partial charge in [-0.2, -0.15) is 0 Å². The van der Waals surface area contributed by atoms with Gasteiger partial charge in [-0.15, -0.1) is 0 Å². The molecule has 0 fully saturated rings. The van der Waals surface area contributed by atoms with Crippen molar-refractivity contribution in [1.29, 1.82) is 0 Å². The molecule has 0 bridgehead atoms. The molecule has 0 aromatic heterocycles. The van der Waals surface area contributed by atoms with Gasteiger partial charge in [0.2, 0.25) is 0 Å². The first kappa shape index (κ1) is 19.5. The van der Waals surface area contributed by atoms with Gasteiger partial charge in [0.25, 0.3) is 0 Å². The Hall–Kier alpha value is -3.92. The summed E-state index contributed by atoms with van der Waals surface area (Å²) in [4.78, 5) is 0. The van der Waals surface area contributed by atoms with Crippen LogP contribution in [0.1, 0.15) is 22.3 Å². The molecular formula is C31H21BO2. The molecule has 0 saturated heterocycles. The van der Waals surface area contributed by atoms with E-state index in [-0.39, 0.29) is 0 Å². The molecule has 0 heterocycles. The largest absolute Gasteiger partial charge is 0.489 e. The summed E-state index contributed by atoms with van der Waals surface area (Å²) in [5.41, 5.74) is 12.1. The van der Waals surface area contributed by atoms with Gasteiger partial charge in [0.05, 0.1) is 5.41 Å². The third-order valence-electron chi connectivity index (χ3n) is 7.55. The van der Waals surface area contributed by atoms with Crippen LogP contribution in [0.2, 0.25) is 0 Å². The predicted molar refractivity (Wildman–Crippen MR) is 138 cm³/mol. The number of hydrogen-bond donors (Lipinski definition) is 2. The van der Waals surface area contributed by atoms with Gasteiger partial charge in [-0.3, -0.25) is 0 Å². The van der Waals surface area contributed by atoms with Crippen molar-refractivity contribution in [1.82, 2.24) is 0 Å². The SMILES string of the molecule is OB(O)c1ccccc1-c1ccc2c(c1)C1(c3ccccc3-c3ccccc31)c1ccccc1-2. The topological polar surface area (TPSA) is 40.5 Å². The molecule has 2 aliphatic rings. The van der Waals surface area contributed by atoms with Crippen LogP contribution in [-0.2, 0) is 5.41 Å². The van der Waals surface area contributed by atoms with Gasteiger partial charge in [0, 0.05) is 0 Å². The van der Waals surface area contributed by atoms with Gasteiger partial charge < -0.3 is 10.0 Å². The summed E-state index contributed by atoms with van der Waals surface area (Å²) >= 11 is 0. The number of rotatable bonds is 2. The lowest BCUT2D eigenvalue weighted by Crippen LogP contribution is -2.31. The van der Waals surface area contributed by atoms with E-state index in [9.17, 15) is 10.0 Å². The Balaban J connectivity index is 1.61. The maximum atomic E-state index is 10.0. The molecule has 2 nitrogen and oxygen atoms in total. The van der Waals surface area contributed by atoms with E-state index >= 15 is 0 Å². The Morgan fingerprint density at radius 3 is 1.41 bits per heavy atom. The molecule has 2 N–H and O–H groups in total. The van der Waals surface area contributed by atoms with Crippen LogP contribution >= 0.6 is 0 Å². The highest BCUT2D eigenvalue weighted by Gasteiger charge is 2.51. The molecule has 0 unspecified atom stereocenters. The minimum atomic E-state index is -1.52. The molecule has 0 radical (unpaired) electrons. The summed E-state index contributed by atoms with van der Waals surface area (Å²) in [5.74, 6) is 0. The number of benzene rings is 5. The van der Waals surface area contributed by atoms with Crippen molar-refractivity contribution in [3.05, 3.63) is 138 Å².